The minimum atomic E-state index is 0.342. The van der Waals surface area contributed by atoms with Gasteiger partial charge in [0.15, 0.2) is 11.0 Å². The molecule has 0 fully saturated rings. The van der Waals surface area contributed by atoms with E-state index in [0.29, 0.717) is 11.0 Å². The van der Waals surface area contributed by atoms with Crippen molar-refractivity contribution in [2.24, 2.45) is 9.61 Å². The zero-order chi connectivity index (χ0) is 13.5. The van der Waals surface area contributed by atoms with Gasteiger partial charge in [0.25, 0.3) is 0 Å². The second-order valence-electron chi connectivity index (χ2n) is 3.68. The Morgan fingerprint density at radius 3 is 1.89 bits per heavy atom. The van der Waals surface area contributed by atoms with Crippen LogP contribution in [0.2, 0.25) is 0 Å². The Kier molecular flexibility index (Phi) is 4.95. The molecule has 0 heterocycles. The van der Waals surface area contributed by atoms with Gasteiger partial charge in [-0.1, -0.05) is 72.3 Å². The van der Waals surface area contributed by atoms with E-state index in [1.807, 2.05) is 60.7 Å². The highest BCUT2D eigenvalue weighted by molar-refractivity contribution is 6.69. The molecule has 19 heavy (non-hydrogen) atoms. The van der Waals surface area contributed by atoms with Gasteiger partial charge in [0, 0.05) is 22.9 Å². The van der Waals surface area contributed by atoms with Gasteiger partial charge in [-0.15, -0.1) is 0 Å². The van der Waals surface area contributed by atoms with Crippen LogP contribution in [0.15, 0.2) is 70.3 Å². The minimum absolute atomic E-state index is 0.342. The molecule has 0 bridgehead atoms. The van der Waals surface area contributed by atoms with Crippen LogP contribution in [0.1, 0.15) is 11.1 Å². The molecule has 0 aromatic heterocycles. The van der Waals surface area contributed by atoms with Crippen LogP contribution in [0.3, 0.4) is 0 Å². The van der Waals surface area contributed by atoms with E-state index >= 15 is 0 Å². The van der Waals surface area contributed by atoms with Gasteiger partial charge in [0.05, 0.1) is 0 Å². The first-order chi connectivity index (χ1) is 9.31. The summed E-state index contributed by atoms with van der Waals surface area (Å²) in [6.07, 6.45) is 0. The Morgan fingerprint density at radius 1 is 0.842 bits per heavy atom. The zero-order valence-electron chi connectivity index (χ0n) is 9.92. The molecule has 0 saturated heterocycles. The van der Waals surface area contributed by atoms with Crippen molar-refractivity contribution in [2.75, 3.05) is 0 Å². The second-order valence-corrected chi connectivity index (χ2v) is 4.21. The molecule has 2 rings (SSSR count). The Morgan fingerprint density at radius 2 is 1.37 bits per heavy atom. The lowest BCUT2D eigenvalue weighted by Crippen LogP contribution is -2.19. The van der Waals surface area contributed by atoms with Crippen LogP contribution in [0.4, 0.5) is 0 Å². The summed E-state index contributed by atoms with van der Waals surface area (Å²) >= 11 is 11.6. The maximum Gasteiger partial charge on any atom is 0.168 e. The van der Waals surface area contributed by atoms with Crippen molar-refractivity contribution < 1.29 is 0 Å². The fourth-order valence-electron chi connectivity index (χ4n) is 1.47. The third-order valence-electron chi connectivity index (χ3n) is 2.40. The second kappa shape index (κ2) is 6.92. The quantitative estimate of drug-likeness (QED) is 0.522. The number of nitrogens with one attached hydrogen (secondary N) is 1. The van der Waals surface area contributed by atoms with Crippen LogP contribution in [0.25, 0.3) is 0 Å². The van der Waals surface area contributed by atoms with Crippen molar-refractivity contribution in [3.8, 4) is 0 Å². The molecule has 0 radical (unpaired) electrons. The summed E-state index contributed by atoms with van der Waals surface area (Å²) in [5.41, 5.74) is 4.41. The number of amidine groups is 1. The van der Waals surface area contributed by atoms with E-state index in [9.17, 15) is 0 Å². The summed E-state index contributed by atoms with van der Waals surface area (Å²) in [5.74, 6) is 0.441. The molecule has 0 aliphatic carbocycles. The Labute approximate surface area is 121 Å². The number of halogens is 2. The van der Waals surface area contributed by atoms with Gasteiger partial charge < -0.3 is 0 Å². The molecule has 2 aromatic rings. The van der Waals surface area contributed by atoms with E-state index in [1.54, 1.807) is 0 Å². The van der Waals surface area contributed by atoms with E-state index < -0.39 is 0 Å². The van der Waals surface area contributed by atoms with Gasteiger partial charge in [-0.25, -0.2) is 0 Å². The van der Waals surface area contributed by atoms with Crippen molar-refractivity contribution in [1.29, 1.82) is 0 Å². The Bertz CT molecular complexity index is 580. The van der Waals surface area contributed by atoms with Gasteiger partial charge in [-0.05, 0) is 0 Å². The van der Waals surface area contributed by atoms with Crippen LogP contribution >= 0.6 is 23.4 Å². The fraction of sp³-hybridized carbons (Fsp3) is 0. The lowest BCUT2D eigenvalue weighted by molar-refractivity contribution is 1.03. The van der Waals surface area contributed by atoms with Gasteiger partial charge in [0.2, 0.25) is 0 Å². The maximum atomic E-state index is 6.08. The van der Waals surface area contributed by atoms with Crippen LogP contribution in [-0.2, 0) is 0 Å². The van der Waals surface area contributed by atoms with Crippen LogP contribution in [-0.4, -0.2) is 11.0 Å². The minimum Gasteiger partial charge on any atom is -0.258 e. The number of rotatable bonds is 3. The Hall–Kier alpha value is -1.84. The van der Waals surface area contributed by atoms with Gasteiger partial charge >= 0.3 is 0 Å². The van der Waals surface area contributed by atoms with E-state index in [4.69, 9.17) is 23.4 Å². The third-order valence-corrected chi connectivity index (χ3v) is 2.88. The molecule has 5 heteroatoms. The van der Waals surface area contributed by atoms with Crippen molar-refractivity contribution in [3.05, 3.63) is 71.8 Å². The highest BCUT2D eigenvalue weighted by atomic mass is 35.5. The smallest absolute Gasteiger partial charge is 0.168 e. The first-order valence-corrected chi connectivity index (χ1v) is 6.32. The number of hydrazone groups is 1. The highest BCUT2D eigenvalue weighted by Gasteiger charge is 2.03. The molecule has 96 valence electrons. The molecular weight excluding hydrogens is 281 g/mol. The molecular formula is C14H11Cl2N3. The zero-order valence-corrected chi connectivity index (χ0v) is 11.4. The lowest BCUT2D eigenvalue weighted by Gasteiger charge is -2.04. The normalized spacial score (nSPS) is 12.3. The van der Waals surface area contributed by atoms with Crippen LogP contribution in [0, 0.1) is 0 Å². The van der Waals surface area contributed by atoms with E-state index in [2.05, 4.69) is 15.0 Å². The molecule has 0 aliphatic heterocycles. The molecule has 2 aromatic carbocycles. The topological polar surface area (TPSA) is 36.8 Å². The summed E-state index contributed by atoms with van der Waals surface area (Å²) in [6.45, 7) is 0. The van der Waals surface area contributed by atoms with Crippen LogP contribution in [0.5, 0.6) is 0 Å². The monoisotopic (exact) mass is 291 g/mol. The number of hydrogen-bond acceptors (Lipinski definition) is 2. The lowest BCUT2D eigenvalue weighted by atomic mass is 10.2. The molecule has 0 unspecified atom stereocenters. The molecule has 0 atom stereocenters. The number of nitrogens with zero attached hydrogens (tertiary/aromatic N) is 2. The summed E-state index contributed by atoms with van der Waals surface area (Å²) in [7, 11) is 0. The largest absolute Gasteiger partial charge is 0.258 e. The number of hydrogen-bond donors (Lipinski definition) is 1. The molecule has 1 N–H and O–H groups in total. The molecule has 0 saturated carbocycles. The first kappa shape index (κ1) is 13.6. The van der Waals surface area contributed by atoms with Crippen molar-refractivity contribution in [3.63, 3.8) is 0 Å². The fourth-order valence-corrected chi connectivity index (χ4v) is 1.77. The van der Waals surface area contributed by atoms with E-state index in [-0.39, 0.29) is 0 Å². The van der Waals surface area contributed by atoms with E-state index in [0.717, 1.165) is 11.1 Å². The van der Waals surface area contributed by atoms with Gasteiger partial charge in [-0.2, -0.15) is 9.61 Å². The summed E-state index contributed by atoms with van der Waals surface area (Å²) < 4.78 is 3.64. The number of benzene rings is 2. The predicted octanol–water partition coefficient (Wildman–Crippen LogP) is 3.78. The standard InChI is InChI=1S/C14H11Cl2N3/c15-13(11-7-3-1-4-8-11)18-19-14(17-16)12-9-5-2-6-10-12/h1-10H,(H,17,19)/b18-13-. The van der Waals surface area contributed by atoms with Crippen molar-refractivity contribution in [2.45, 2.75) is 0 Å². The summed E-state index contributed by atoms with van der Waals surface area (Å²) in [4.78, 5) is 0. The first-order valence-electron chi connectivity index (χ1n) is 5.60. The molecule has 0 aliphatic rings. The van der Waals surface area contributed by atoms with E-state index in [1.165, 1.54) is 0 Å². The van der Waals surface area contributed by atoms with Crippen LogP contribution < -0.4 is 5.43 Å². The average molecular weight is 292 g/mol. The summed E-state index contributed by atoms with van der Waals surface area (Å²) in [5, 5.41) is 4.40. The summed E-state index contributed by atoms with van der Waals surface area (Å²) in [6, 6.07) is 18.9. The molecule has 0 spiro atoms. The third kappa shape index (κ3) is 3.81. The maximum absolute atomic E-state index is 6.08. The highest BCUT2D eigenvalue weighted by Crippen LogP contribution is 2.05. The Balaban J connectivity index is 2.13. The molecule has 3 nitrogen and oxygen atoms in total. The SMILES string of the molecule is Cl/N=C(\N/N=C(\Cl)c1ccccc1)c1ccccc1. The van der Waals surface area contributed by atoms with Crippen molar-refractivity contribution >= 4 is 34.4 Å². The average Bonchev–Trinajstić information content (AvgIpc) is 2.49. The van der Waals surface area contributed by atoms with Crippen molar-refractivity contribution in [1.82, 2.24) is 5.43 Å². The predicted molar refractivity (Wildman–Crippen MR) is 80.8 cm³/mol. The molecule has 0 amide bonds. The van der Waals surface area contributed by atoms with Gasteiger partial charge in [-0.3, -0.25) is 5.43 Å². The van der Waals surface area contributed by atoms with Gasteiger partial charge in [0.1, 0.15) is 0 Å².